The predicted octanol–water partition coefficient (Wildman–Crippen LogP) is 4.15. The minimum absolute atomic E-state index is 0.163. The van der Waals surface area contributed by atoms with Gasteiger partial charge in [-0.1, -0.05) is 26.7 Å². The normalized spacial score (nSPS) is 12.6. The van der Waals surface area contributed by atoms with Crippen molar-refractivity contribution in [2.75, 3.05) is 20.2 Å². The molecule has 0 spiro atoms. The second-order valence-corrected chi connectivity index (χ2v) is 5.96. The maximum atomic E-state index is 12.6. The Balaban J connectivity index is 2.91. The van der Waals surface area contributed by atoms with Crippen molar-refractivity contribution in [1.29, 1.82) is 0 Å². The van der Waals surface area contributed by atoms with Gasteiger partial charge in [-0.15, -0.1) is 0 Å². The molecule has 0 aliphatic heterocycles. The minimum Gasteiger partial charge on any atom is -0.469 e. The van der Waals surface area contributed by atoms with Crippen molar-refractivity contribution in [1.82, 2.24) is 4.90 Å². The Morgan fingerprint density at radius 1 is 1.16 bits per heavy atom. The van der Waals surface area contributed by atoms with Crippen molar-refractivity contribution in [3.63, 3.8) is 0 Å². The Bertz CT molecular complexity index is 570. The van der Waals surface area contributed by atoms with E-state index in [4.69, 9.17) is 0 Å². The van der Waals surface area contributed by atoms with E-state index >= 15 is 0 Å². The highest BCUT2D eigenvalue weighted by Crippen LogP contribution is 2.29. The van der Waals surface area contributed by atoms with Crippen molar-refractivity contribution in [3.05, 3.63) is 35.4 Å². The molecule has 1 aromatic rings. The first-order valence-electron chi connectivity index (χ1n) is 8.25. The van der Waals surface area contributed by atoms with Crippen LogP contribution in [-0.4, -0.2) is 37.0 Å². The highest BCUT2D eigenvalue weighted by Gasteiger charge is 2.30. The zero-order chi connectivity index (χ0) is 19.0. The number of rotatable bonds is 8. The number of ether oxygens (including phenoxy) is 1. The Morgan fingerprint density at radius 3 is 2.24 bits per heavy atom. The monoisotopic (exact) mass is 359 g/mol. The molecule has 0 aliphatic rings. The summed E-state index contributed by atoms with van der Waals surface area (Å²) < 4.78 is 42.6. The summed E-state index contributed by atoms with van der Waals surface area (Å²) in [5.74, 6) is -1.33. The number of carbonyl (C=O) groups excluding carboxylic acids is 2. The van der Waals surface area contributed by atoms with Crippen LogP contribution in [0.2, 0.25) is 0 Å². The van der Waals surface area contributed by atoms with Gasteiger partial charge in [-0.3, -0.25) is 9.59 Å². The second-order valence-electron chi connectivity index (χ2n) is 5.96. The van der Waals surface area contributed by atoms with Crippen LogP contribution in [0.25, 0.3) is 0 Å². The van der Waals surface area contributed by atoms with Crippen LogP contribution in [0.1, 0.15) is 49.0 Å². The standard InChI is InChI=1S/C18H24F3NO3/c1-4-5-6-11-22(12-13(2)17(24)25-3)16(23)14-7-9-15(10-8-14)18(19,20)21/h7-10,13H,4-6,11-12H2,1-3H3. The van der Waals surface area contributed by atoms with Crippen LogP contribution in [0.3, 0.4) is 0 Å². The summed E-state index contributed by atoms with van der Waals surface area (Å²) in [5, 5.41) is 0. The van der Waals surface area contributed by atoms with Crippen LogP contribution in [0.4, 0.5) is 13.2 Å². The fraction of sp³-hybridized carbons (Fsp3) is 0.556. The van der Waals surface area contributed by atoms with Crippen molar-refractivity contribution in [3.8, 4) is 0 Å². The van der Waals surface area contributed by atoms with Crippen molar-refractivity contribution < 1.29 is 27.5 Å². The number of benzene rings is 1. The molecule has 1 amide bonds. The van der Waals surface area contributed by atoms with Gasteiger partial charge in [0.2, 0.25) is 0 Å². The molecule has 140 valence electrons. The molecule has 4 nitrogen and oxygen atoms in total. The number of alkyl halides is 3. The van der Waals surface area contributed by atoms with E-state index in [1.165, 1.54) is 24.1 Å². The number of amides is 1. The molecule has 0 bridgehead atoms. The van der Waals surface area contributed by atoms with Gasteiger partial charge in [0.1, 0.15) is 0 Å². The lowest BCUT2D eigenvalue weighted by molar-refractivity contribution is -0.145. The van der Waals surface area contributed by atoms with Gasteiger partial charge in [0.15, 0.2) is 0 Å². The first-order valence-corrected chi connectivity index (χ1v) is 8.25. The molecule has 1 unspecified atom stereocenters. The first kappa shape index (κ1) is 21.0. The summed E-state index contributed by atoms with van der Waals surface area (Å²) in [7, 11) is 1.28. The number of hydrogen-bond donors (Lipinski definition) is 0. The van der Waals surface area contributed by atoms with Crippen molar-refractivity contribution >= 4 is 11.9 Å². The molecule has 0 saturated carbocycles. The van der Waals surface area contributed by atoms with Gasteiger partial charge < -0.3 is 9.64 Å². The van der Waals surface area contributed by atoms with E-state index in [9.17, 15) is 22.8 Å². The Hall–Kier alpha value is -2.05. The molecular formula is C18H24F3NO3. The fourth-order valence-electron chi connectivity index (χ4n) is 2.42. The molecule has 0 aliphatic carbocycles. The van der Waals surface area contributed by atoms with Gasteiger partial charge in [-0.25, -0.2) is 0 Å². The van der Waals surface area contributed by atoms with E-state index in [2.05, 4.69) is 4.74 Å². The minimum atomic E-state index is -4.44. The third kappa shape index (κ3) is 6.40. The van der Waals surface area contributed by atoms with Crippen LogP contribution in [-0.2, 0) is 15.7 Å². The highest BCUT2D eigenvalue weighted by molar-refractivity contribution is 5.94. The van der Waals surface area contributed by atoms with Crippen molar-refractivity contribution in [2.45, 2.75) is 39.3 Å². The average molecular weight is 359 g/mol. The smallest absolute Gasteiger partial charge is 0.416 e. The Labute approximate surface area is 146 Å². The summed E-state index contributed by atoms with van der Waals surface area (Å²) in [5.41, 5.74) is -0.633. The number of nitrogens with zero attached hydrogens (tertiary/aromatic N) is 1. The van der Waals surface area contributed by atoms with Crippen LogP contribution in [0.5, 0.6) is 0 Å². The number of halogens is 3. The lowest BCUT2D eigenvalue weighted by atomic mass is 10.1. The van der Waals surface area contributed by atoms with Crippen LogP contribution in [0.15, 0.2) is 24.3 Å². The highest BCUT2D eigenvalue weighted by atomic mass is 19.4. The molecular weight excluding hydrogens is 335 g/mol. The van der Waals surface area contributed by atoms with E-state index in [0.29, 0.717) is 6.54 Å². The van der Waals surface area contributed by atoms with Gasteiger partial charge in [-0.05, 0) is 30.7 Å². The topological polar surface area (TPSA) is 46.6 Å². The molecule has 0 aromatic heterocycles. The first-order chi connectivity index (χ1) is 11.7. The number of unbranched alkanes of at least 4 members (excludes halogenated alkanes) is 2. The SMILES string of the molecule is CCCCCN(CC(C)C(=O)OC)C(=O)c1ccc(C(F)(F)F)cc1. The third-order valence-electron chi connectivity index (χ3n) is 3.88. The summed E-state index contributed by atoms with van der Waals surface area (Å²) in [6.07, 6.45) is -1.79. The van der Waals surface area contributed by atoms with Crippen molar-refractivity contribution in [2.24, 2.45) is 5.92 Å². The molecule has 1 aromatic carbocycles. The maximum absolute atomic E-state index is 12.6. The quantitative estimate of drug-likeness (QED) is 0.517. The Morgan fingerprint density at radius 2 is 1.76 bits per heavy atom. The molecule has 0 radical (unpaired) electrons. The zero-order valence-electron chi connectivity index (χ0n) is 14.7. The number of hydrogen-bond acceptors (Lipinski definition) is 3. The number of methoxy groups -OCH3 is 1. The Kier molecular flexibility index (Phi) is 7.93. The van der Waals surface area contributed by atoms with Gasteiger partial charge in [0.05, 0.1) is 18.6 Å². The van der Waals surface area contributed by atoms with E-state index in [1.54, 1.807) is 6.92 Å². The molecule has 0 fully saturated rings. The number of carbonyl (C=O) groups is 2. The molecule has 0 N–H and O–H groups in total. The second kappa shape index (κ2) is 9.44. The van der Waals surface area contributed by atoms with Crippen LogP contribution in [0, 0.1) is 5.92 Å². The van der Waals surface area contributed by atoms with Crippen LogP contribution < -0.4 is 0 Å². The van der Waals surface area contributed by atoms with Gasteiger partial charge in [0, 0.05) is 18.7 Å². The van der Waals surface area contributed by atoms with Crippen LogP contribution >= 0.6 is 0 Å². The van der Waals surface area contributed by atoms with E-state index in [-0.39, 0.29) is 18.0 Å². The predicted molar refractivity (Wildman–Crippen MR) is 88.1 cm³/mol. The van der Waals surface area contributed by atoms with Gasteiger partial charge in [0.25, 0.3) is 5.91 Å². The molecule has 25 heavy (non-hydrogen) atoms. The lowest BCUT2D eigenvalue weighted by Gasteiger charge is -2.25. The van der Waals surface area contributed by atoms with E-state index < -0.39 is 23.6 Å². The molecule has 0 saturated heterocycles. The average Bonchev–Trinajstić information content (AvgIpc) is 2.58. The zero-order valence-corrected chi connectivity index (χ0v) is 14.7. The van der Waals surface area contributed by atoms with Gasteiger partial charge in [-0.2, -0.15) is 13.2 Å². The third-order valence-corrected chi connectivity index (χ3v) is 3.88. The maximum Gasteiger partial charge on any atom is 0.416 e. The summed E-state index contributed by atoms with van der Waals surface area (Å²) in [4.78, 5) is 25.7. The van der Waals surface area contributed by atoms with Gasteiger partial charge >= 0.3 is 12.1 Å². The van der Waals surface area contributed by atoms with E-state index in [0.717, 1.165) is 31.4 Å². The number of esters is 1. The van der Waals surface area contributed by atoms with E-state index in [1.807, 2.05) is 6.92 Å². The molecule has 0 heterocycles. The summed E-state index contributed by atoms with van der Waals surface area (Å²) in [6, 6.07) is 4.12. The summed E-state index contributed by atoms with van der Waals surface area (Å²) in [6.45, 7) is 4.28. The lowest BCUT2D eigenvalue weighted by Crippen LogP contribution is -2.38. The molecule has 7 heteroatoms. The molecule has 1 rings (SSSR count). The summed E-state index contributed by atoms with van der Waals surface area (Å²) >= 11 is 0. The fourth-order valence-corrected chi connectivity index (χ4v) is 2.42. The largest absolute Gasteiger partial charge is 0.469 e. The molecule has 1 atom stereocenters.